The zero-order valence-corrected chi connectivity index (χ0v) is 3.59. The number of hydrogen-bond acceptors (Lipinski definition) is 2. The van der Waals surface area contributed by atoms with Crippen LogP contribution in [0.1, 0.15) is 0 Å². The molecule has 0 atom stereocenters. The molecule has 0 aromatic heterocycles. The summed E-state index contributed by atoms with van der Waals surface area (Å²) in [5.74, 6) is 1.14. The van der Waals surface area contributed by atoms with E-state index in [9.17, 15) is 0 Å². The van der Waals surface area contributed by atoms with Crippen LogP contribution in [-0.2, 0) is 0 Å². The Hall–Kier alpha value is 0.563. The molecule has 0 bridgehead atoms. The summed E-state index contributed by atoms with van der Waals surface area (Å²) in [4.78, 5) is 3.80. The molecule has 0 aromatic carbocycles. The van der Waals surface area contributed by atoms with E-state index in [0.717, 1.165) is 12.3 Å². The Kier molecular flexibility index (Phi) is 4.09. The van der Waals surface area contributed by atoms with Crippen LogP contribution >= 0.6 is 11.8 Å². The molecule has 0 aliphatic carbocycles. The van der Waals surface area contributed by atoms with Crippen LogP contribution in [-0.4, -0.2) is 35.4 Å². The molecule has 1 heterocycles. The Morgan fingerprint density at radius 2 is 2.50 bits per heavy atom. The minimum absolute atomic E-state index is 0. The van der Waals surface area contributed by atoms with E-state index in [1.54, 1.807) is 11.8 Å². The van der Waals surface area contributed by atoms with E-state index in [0.29, 0.717) is 0 Å². The van der Waals surface area contributed by atoms with E-state index < -0.39 is 0 Å². The second-order valence-corrected chi connectivity index (χ2v) is 1.70. The van der Waals surface area contributed by atoms with Crippen molar-refractivity contribution in [1.82, 2.24) is 0 Å². The number of hydrogen-bond donors (Lipinski definition) is 0. The fourth-order valence-corrected chi connectivity index (χ4v) is 0.685. The van der Waals surface area contributed by atoms with Gasteiger partial charge >= 0.3 is 17.6 Å². The van der Waals surface area contributed by atoms with Gasteiger partial charge in [0.2, 0.25) is 0 Å². The van der Waals surface area contributed by atoms with Gasteiger partial charge in [-0.25, -0.2) is 0 Å². The van der Waals surface area contributed by atoms with Crippen molar-refractivity contribution in [2.24, 2.45) is 4.99 Å². The third-order valence-corrected chi connectivity index (χ3v) is 1.08. The maximum absolute atomic E-state index is 3.80. The SMILES string of the molecule is [C]1=NCCS1.[GeH4]. The summed E-state index contributed by atoms with van der Waals surface area (Å²) in [7, 11) is 0. The van der Waals surface area contributed by atoms with Crippen molar-refractivity contribution in [3.05, 3.63) is 0 Å². The van der Waals surface area contributed by atoms with Crippen LogP contribution in [0.25, 0.3) is 0 Å². The summed E-state index contributed by atoms with van der Waals surface area (Å²) in [5.41, 5.74) is 2.76. The van der Waals surface area contributed by atoms with E-state index in [1.165, 1.54) is 0 Å². The Labute approximate surface area is 52.6 Å². The predicted octanol–water partition coefficient (Wildman–Crippen LogP) is -0.813. The van der Waals surface area contributed by atoms with Gasteiger partial charge in [0.1, 0.15) is 5.55 Å². The molecule has 0 N–H and O–H groups in total. The van der Waals surface area contributed by atoms with E-state index in [-0.39, 0.29) is 17.6 Å². The van der Waals surface area contributed by atoms with Crippen molar-refractivity contribution >= 4 is 34.9 Å². The van der Waals surface area contributed by atoms with Crippen molar-refractivity contribution in [2.45, 2.75) is 0 Å². The van der Waals surface area contributed by atoms with E-state index >= 15 is 0 Å². The van der Waals surface area contributed by atoms with Crippen LogP contribution < -0.4 is 0 Å². The summed E-state index contributed by atoms with van der Waals surface area (Å²) in [5, 5.41) is 0. The van der Waals surface area contributed by atoms with Crippen LogP contribution in [0.5, 0.6) is 0 Å². The zero-order chi connectivity index (χ0) is 3.54. The maximum atomic E-state index is 3.80. The first-order valence-electron chi connectivity index (χ1n) is 1.53. The molecule has 1 aliphatic rings. The van der Waals surface area contributed by atoms with E-state index in [1.807, 2.05) is 0 Å². The van der Waals surface area contributed by atoms with Gasteiger partial charge in [-0.2, -0.15) is 0 Å². The van der Waals surface area contributed by atoms with Gasteiger partial charge in [0.05, 0.1) is 0 Å². The van der Waals surface area contributed by atoms with Gasteiger partial charge in [-0.15, -0.1) is 11.8 Å². The van der Waals surface area contributed by atoms with Gasteiger partial charge in [-0.05, 0) is 0 Å². The molecule has 0 fully saturated rings. The number of aliphatic imine (C=N–C) groups is 1. The van der Waals surface area contributed by atoms with Crippen molar-refractivity contribution in [1.29, 1.82) is 0 Å². The molecule has 1 nitrogen and oxygen atoms in total. The van der Waals surface area contributed by atoms with Crippen LogP contribution in [0.3, 0.4) is 0 Å². The molecule has 1 rings (SSSR count). The first-order chi connectivity index (χ1) is 2.50. The Morgan fingerprint density at radius 1 is 1.67 bits per heavy atom. The van der Waals surface area contributed by atoms with Gasteiger partial charge in [0.25, 0.3) is 0 Å². The van der Waals surface area contributed by atoms with Crippen LogP contribution in [0.2, 0.25) is 0 Å². The fourth-order valence-electron chi connectivity index (χ4n) is 0.228. The first kappa shape index (κ1) is 6.56. The summed E-state index contributed by atoms with van der Waals surface area (Å²) in [6.07, 6.45) is 0. The monoisotopic (exact) mass is 164 g/mol. The normalized spacial score (nSPS) is 17.3. The molecule has 1 radical (unpaired) electrons. The molecular formula is C3H8GeNS. The average molecular weight is 163 g/mol. The molecule has 0 unspecified atom stereocenters. The molecule has 0 saturated heterocycles. The molecule has 0 saturated carbocycles. The molecule has 3 heteroatoms. The van der Waals surface area contributed by atoms with E-state index in [2.05, 4.69) is 10.5 Å². The third kappa shape index (κ3) is 1.87. The second-order valence-electron chi connectivity index (χ2n) is 0.821. The average Bonchev–Trinajstić information content (AvgIpc) is 1.76. The minimum atomic E-state index is 0. The first-order valence-corrected chi connectivity index (χ1v) is 2.52. The number of thioether (sulfide) groups is 1. The standard InChI is InChI=1S/C3H4NS.GeH4/c1-2-5-3-4-1;/h1-2H2;1H4. The summed E-state index contributed by atoms with van der Waals surface area (Å²) >= 11 is 1.66. The van der Waals surface area contributed by atoms with E-state index in [4.69, 9.17) is 0 Å². The molecule has 0 aromatic rings. The Bertz CT molecular complexity index is 48.8. The molecule has 6 heavy (non-hydrogen) atoms. The van der Waals surface area contributed by atoms with Crippen LogP contribution in [0, 0.1) is 0 Å². The Balaban J connectivity index is 0.000000250. The van der Waals surface area contributed by atoms with Crippen molar-refractivity contribution in [3.63, 3.8) is 0 Å². The molecule has 35 valence electrons. The van der Waals surface area contributed by atoms with Crippen molar-refractivity contribution < 1.29 is 0 Å². The molecule has 1 aliphatic heterocycles. The van der Waals surface area contributed by atoms with Gasteiger partial charge in [0, 0.05) is 12.3 Å². The molecule has 0 spiro atoms. The van der Waals surface area contributed by atoms with Crippen molar-refractivity contribution in [3.8, 4) is 0 Å². The summed E-state index contributed by atoms with van der Waals surface area (Å²) < 4.78 is 0. The summed E-state index contributed by atoms with van der Waals surface area (Å²) in [6, 6.07) is 0. The van der Waals surface area contributed by atoms with Gasteiger partial charge in [0.15, 0.2) is 0 Å². The number of rotatable bonds is 0. The zero-order valence-electron chi connectivity index (χ0n) is 2.77. The second kappa shape index (κ2) is 3.74. The summed E-state index contributed by atoms with van der Waals surface area (Å²) in [6.45, 7) is 0.977. The fraction of sp³-hybridized carbons (Fsp3) is 0.667. The third-order valence-electron chi connectivity index (χ3n) is 0.434. The number of nitrogens with zero attached hydrogens (tertiary/aromatic N) is 1. The van der Waals surface area contributed by atoms with Gasteiger partial charge in [-0.3, -0.25) is 4.99 Å². The molecular weight excluding hydrogens is 155 g/mol. The van der Waals surface area contributed by atoms with Crippen molar-refractivity contribution in [2.75, 3.05) is 12.3 Å². The Morgan fingerprint density at radius 3 is 2.67 bits per heavy atom. The van der Waals surface area contributed by atoms with Gasteiger partial charge in [-0.1, -0.05) is 0 Å². The van der Waals surface area contributed by atoms with Gasteiger partial charge < -0.3 is 0 Å². The predicted molar refractivity (Wildman–Crippen MR) is 36.1 cm³/mol. The van der Waals surface area contributed by atoms with Crippen LogP contribution in [0.15, 0.2) is 4.99 Å². The quantitative estimate of drug-likeness (QED) is 0.425. The molecule has 0 amide bonds. The van der Waals surface area contributed by atoms with Crippen LogP contribution in [0.4, 0.5) is 0 Å². The topological polar surface area (TPSA) is 12.4 Å².